The van der Waals surface area contributed by atoms with Crippen molar-refractivity contribution >= 4 is 33.6 Å². The lowest BCUT2D eigenvalue weighted by Crippen LogP contribution is -2.39. The summed E-state index contributed by atoms with van der Waals surface area (Å²) in [6.07, 6.45) is 3.67. The molecule has 162 valence electrons. The predicted octanol–water partition coefficient (Wildman–Crippen LogP) is 2.39. The second kappa shape index (κ2) is 9.74. The van der Waals surface area contributed by atoms with Crippen LogP contribution in [0, 0.1) is 0 Å². The summed E-state index contributed by atoms with van der Waals surface area (Å²) in [6.45, 7) is 0.581. The van der Waals surface area contributed by atoms with Gasteiger partial charge in [0.2, 0.25) is 11.3 Å². The molecule has 0 aliphatic rings. The van der Waals surface area contributed by atoms with E-state index in [0.29, 0.717) is 36.2 Å². The number of aromatic nitrogens is 2. The van der Waals surface area contributed by atoms with Gasteiger partial charge in [-0.15, -0.1) is 0 Å². The number of carbonyl (C=O) groups is 2. The van der Waals surface area contributed by atoms with E-state index in [9.17, 15) is 14.4 Å². The maximum atomic E-state index is 12.5. The molecule has 0 spiro atoms. The smallest absolute Gasteiger partial charge is 0.257 e. The Labute approximate surface area is 183 Å². The van der Waals surface area contributed by atoms with E-state index < -0.39 is 5.91 Å². The minimum atomic E-state index is -0.598. The number of para-hydroxylation sites is 2. The molecule has 2 aromatic heterocycles. The van der Waals surface area contributed by atoms with Crippen LogP contribution in [0.15, 0.2) is 71.8 Å². The molecule has 3 N–H and O–H groups in total. The van der Waals surface area contributed by atoms with Crippen molar-refractivity contribution in [3.05, 3.63) is 82.8 Å². The van der Waals surface area contributed by atoms with Crippen molar-refractivity contribution in [2.75, 3.05) is 19.7 Å². The van der Waals surface area contributed by atoms with E-state index in [1.807, 2.05) is 30.3 Å². The van der Waals surface area contributed by atoms with E-state index in [1.54, 1.807) is 30.5 Å². The van der Waals surface area contributed by atoms with Crippen LogP contribution in [0.2, 0.25) is 0 Å². The van der Waals surface area contributed by atoms with Crippen molar-refractivity contribution < 1.29 is 14.3 Å². The number of H-pyrrole nitrogens is 1. The number of fused-ring (bicyclic) bond motifs is 2. The number of pyridine rings is 2. The Balaban J connectivity index is 1.21. The minimum Gasteiger partial charge on any atom is -0.491 e. The SMILES string of the molecule is O=C(CNC(=O)c1c[nH]c2ccccc2c1=O)NCCCOc1cccc2cccnc12. The first-order valence-corrected chi connectivity index (χ1v) is 10.3. The number of ether oxygens (including phenoxy) is 1. The van der Waals surface area contributed by atoms with E-state index in [0.717, 1.165) is 10.9 Å². The zero-order chi connectivity index (χ0) is 22.3. The number of hydrogen-bond donors (Lipinski definition) is 3. The topological polar surface area (TPSA) is 113 Å². The van der Waals surface area contributed by atoms with Crippen molar-refractivity contribution in [2.24, 2.45) is 0 Å². The first kappa shape index (κ1) is 21.0. The number of carbonyl (C=O) groups excluding carboxylic acids is 2. The van der Waals surface area contributed by atoms with Gasteiger partial charge in [-0.25, -0.2) is 0 Å². The van der Waals surface area contributed by atoms with E-state index in [-0.39, 0.29) is 23.4 Å². The van der Waals surface area contributed by atoms with E-state index in [4.69, 9.17) is 4.74 Å². The number of amides is 2. The lowest BCUT2D eigenvalue weighted by molar-refractivity contribution is -0.120. The maximum Gasteiger partial charge on any atom is 0.257 e. The van der Waals surface area contributed by atoms with Crippen LogP contribution >= 0.6 is 0 Å². The highest BCUT2D eigenvalue weighted by Crippen LogP contribution is 2.22. The third kappa shape index (κ3) is 4.75. The zero-order valence-corrected chi connectivity index (χ0v) is 17.3. The fourth-order valence-electron chi connectivity index (χ4n) is 3.33. The number of rotatable bonds is 8. The molecule has 2 amide bonds. The summed E-state index contributed by atoms with van der Waals surface area (Å²) < 4.78 is 5.78. The molecule has 8 nitrogen and oxygen atoms in total. The molecule has 8 heteroatoms. The number of nitrogens with one attached hydrogen (secondary N) is 3. The Hall–Kier alpha value is -4.20. The number of hydrogen-bond acceptors (Lipinski definition) is 5. The second-order valence-corrected chi connectivity index (χ2v) is 7.14. The normalized spacial score (nSPS) is 10.8. The number of benzene rings is 2. The molecule has 0 saturated heterocycles. The van der Waals surface area contributed by atoms with Gasteiger partial charge in [-0.05, 0) is 30.7 Å². The third-order valence-corrected chi connectivity index (χ3v) is 4.94. The summed E-state index contributed by atoms with van der Waals surface area (Å²) in [7, 11) is 0. The van der Waals surface area contributed by atoms with Gasteiger partial charge in [0.05, 0.1) is 13.2 Å². The van der Waals surface area contributed by atoms with Crippen molar-refractivity contribution in [3.63, 3.8) is 0 Å². The van der Waals surface area contributed by atoms with E-state index >= 15 is 0 Å². The largest absolute Gasteiger partial charge is 0.491 e. The van der Waals surface area contributed by atoms with E-state index in [1.165, 1.54) is 6.20 Å². The van der Waals surface area contributed by atoms with Crippen molar-refractivity contribution in [1.29, 1.82) is 0 Å². The molecular weight excluding hydrogens is 408 g/mol. The molecular formula is C24H22N4O4. The highest BCUT2D eigenvalue weighted by molar-refractivity contribution is 5.98. The molecule has 4 rings (SSSR count). The average Bonchev–Trinajstić information content (AvgIpc) is 2.83. The van der Waals surface area contributed by atoms with Crippen molar-refractivity contribution in [3.8, 4) is 5.75 Å². The second-order valence-electron chi connectivity index (χ2n) is 7.14. The molecule has 0 fully saturated rings. The van der Waals surface area contributed by atoms with Crippen LogP contribution in [0.25, 0.3) is 21.8 Å². The molecule has 0 unspecified atom stereocenters. The maximum absolute atomic E-state index is 12.5. The highest BCUT2D eigenvalue weighted by atomic mass is 16.5. The summed E-state index contributed by atoms with van der Waals surface area (Å²) in [5, 5.41) is 6.62. The van der Waals surface area contributed by atoms with Crippen molar-refractivity contribution in [1.82, 2.24) is 20.6 Å². The standard InChI is InChI=1S/C24H22N4O4/c29-21(15-28-24(31)18-14-27-19-9-2-1-8-17(19)23(18)30)25-12-5-13-32-20-10-3-6-16-7-4-11-26-22(16)20/h1-4,6-11,14H,5,12-13,15H2,(H,25,29)(H,27,30)(H,28,31). The van der Waals surface area contributed by atoms with Gasteiger partial charge >= 0.3 is 0 Å². The van der Waals surface area contributed by atoms with Gasteiger partial charge in [-0.3, -0.25) is 19.4 Å². The Bertz CT molecular complexity index is 1330. The van der Waals surface area contributed by atoms with Gasteiger partial charge in [0.15, 0.2) is 0 Å². The van der Waals surface area contributed by atoms with Crippen LogP contribution in [0.3, 0.4) is 0 Å². The van der Waals surface area contributed by atoms with Crippen LogP contribution in [-0.4, -0.2) is 41.5 Å². The zero-order valence-electron chi connectivity index (χ0n) is 17.3. The predicted molar refractivity (Wildman–Crippen MR) is 122 cm³/mol. The third-order valence-electron chi connectivity index (χ3n) is 4.94. The fraction of sp³-hybridized carbons (Fsp3) is 0.167. The molecule has 0 atom stereocenters. The first-order valence-electron chi connectivity index (χ1n) is 10.3. The van der Waals surface area contributed by atoms with Crippen LogP contribution in [0.4, 0.5) is 0 Å². The van der Waals surface area contributed by atoms with Gasteiger partial charge < -0.3 is 20.4 Å². The fourth-order valence-corrected chi connectivity index (χ4v) is 3.33. The Kier molecular flexibility index (Phi) is 6.41. The summed E-state index contributed by atoms with van der Waals surface area (Å²) in [6, 6.07) is 16.5. The minimum absolute atomic E-state index is 0.0337. The monoisotopic (exact) mass is 430 g/mol. The lowest BCUT2D eigenvalue weighted by Gasteiger charge is -2.10. The highest BCUT2D eigenvalue weighted by Gasteiger charge is 2.13. The van der Waals surface area contributed by atoms with Crippen molar-refractivity contribution in [2.45, 2.75) is 6.42 Å². The Morgan fingerprint density at radius 2 is 1.84 bits per heavy atom. The summed E-state index contributed by atoms with van der Waals surface area (Å²) >= 11 is 0. The summed E-state index contributed by atoms with van der Waals surface area (Å²) in [4.78, 5) is 44.1. The molecule has 4 aromatic rings. The van der Waals surface area contributed by atoms with Gasteiger partial charge in [0, 0.05) is 35.2 Å². The first-order chi connectivity index (χ1) is 15.6. The van der Waals surface area contributed by atoms with Crippen LogP contribution < -0.4 is 20.8 Å². The van der Waals surface area contributed by atoms with Crippen LogP contribution in [0.1, 0.15) is 16.8 Å². The quantitative estimate of drug-likeness (QED) is 0.372. The van der Waals surface area contributed by atoms with Gasteiger partial charge in [-0.1, -0.05) is 30.3 Å². The van der Waals surface area contributed by atoms with Gasteiger partial charge in [-0.2, -0.15) is 0 Å². The van der Waals surface area contributed by atoms with Crippen LogP contribution in [-0.2, 0) is 4.79 Å². The molecule has 2 aromatic carbocycles. The average molecular weight is 430 g/mol. The molecule has 0 aliphatic carbocycles. The molecule has 0 bridgehead atoms. The molecule has 2 heterocycles. The lowest BCUT2D eigenvalue weighted by atomic mass is 10.1. The van der Waals surface area contributed by atoms with Gasteiger partial charge in [0.25, 0.3) is 5.91 Å². The molecule has 0 aliphatic heterocycles. The summed E-state index contributed by atoms with van der Waals surface area (Å²) in [5.41, 5.74) is 1.03. The Morgan fingerprint density at radius 1 is 1.00 bits per heavy atom. The molecule has 0 radical (unpaired) electrons. The Morgan fingerprint density at radius 3 is 2.75 bits per heavy atom. The van der Waals surface area contributed by atoms with Gasteiger partial charge in [0.1, 0.15) is 16.8 Å². The number of aromatic amines is 1. The van der Waals surface area contributed by atoms with Crippen LogP contribution in [0.5, 0.6) is 5.75 Å². The molecule has 32 heavy (non-hydrogen) atoms. The molecule has 0 saturated carbocycles. The summed E-state index contributed by atoms with van der Waals surface area (Å²) in [5.74, 6) is -0.247. The number of nitrogens with zero attached hydrogens (tertiary/aromatic N) is 1. The van der Waals surface area contributed by atoms with E-state index in [2.05, 4.69) is 20.6 Å².